The average Bonchev–Trinajstić information content (AvgIpc) is 3.13. The Bertz CT molecular complexity index is 917. The van der Waals surface area contributed by atoms with Gasteiger partial charge in [0.2, 0.25) is 0 Å². The number of aromatic amines is 2. The molecular formula is C19H20BrN3O2. The fourth-order valence-corrected chi connectivity index (χ4v) is 3.86. The van der Waals surface area contributed by atoms with Gasteiger partial charge >= 0.3 is 5.97 Å². The number of carbonyl (C=O) groups is 1. The van der Waals surface area contributed by atoms with Gasteiger partial charge in [-0.05, 0) is 62.6 Å². The predicted molar refractivity (Wildman–Crippen MR) is 102 cm³/mol. The number of esters is 1. The van der Waals surface area contributed by atoms with Gasteiger partial charge in [0.1, 0.15) is 11.3 Å². The van der Waals surface area contributed by atoms with Crippen LogP contribution in [0, 0.1) is 20.8 Å². The number of H-pyrrole nitrogens is 2. The van der Waals surface area contributed by atoms with Crippen molar-refractivity contribution in [2.75, 3.05) is 6.61 Å². The highest BCUT2D eigenvalue weighted by Gasteiger charge is 2.24. The van der Waals surface area contributed by atoms with Crippen LogP contribution in [0.5, 0.6) is 0 Å². The lowest BCUT2D eigenvalue weighted by atomic mass is 9.94. The molecule has 0 radical (unpaired) electrons. The zero-order valence-corrected chi connectivity index (χ0v) is 16.2. The summed E-state index contributed by atoms with van der Waals surface area (Å²) in [5.41, 5.74) is 7.00. The molecule has 6 heteroatoms. The lowest BCUT2D eigenvalue weighted by Crippen LogP contribution is -2.07. The first-order valence-electron chi connectivity index (χ1n) is 8.11. The molecule has 0 unspecified atom stereocenters. The lowest BCUT2D eigenvalue weighted by Gasteiger charge is -2.12. The van der Waals surface area contributed by atoms with Crippen LogP contribution in [0.1, 0.15) is 34.1 Å². The topological polar surface area (TPSA) is 70.8 Å². The smallest absolute Gasteiger partial charge is 0.342 e. The van der Waals surface area contributed by atoms with Crippen molar-refractivity contribution in [2.24, 2.45) is 0 Å². The molecule has 0 aliphatic carbocycles. The minimum absolute atomic E-state index is 0.325. The van der Waals surface area contributed by atoms with Gasteiger partial charge in [-0.2, -0.15) is 5.10 Å². The predicted octanol–water partition coefficient (Wildman–Crippen LogP) is 4.94. The van der Waals surface area contributed by atoms with Gasteiger partial charge in [-0.25, -0.2) is 4.79 Å². The Kier molecular flexibility index (Phi) is 4.81. The van der Waals surface area contributed by atoms with Crippen molar-refractivity contribution in [3.8, 4) is 22.5 Å². The number of aromatic nitrogens is 3. The van der Waals surface area contributed by atoms with E-state index in [0.29, 0.717) is 23.6 Å². The average molecular weight is 402 g/mol. The van der Waals surface area contributed by atoms with E-state index in [9.17, 15) is 4.79 Å². The Hall–Kier alpha value is -2.34. The number of ether oxygens (including phenoxy) is 1. The Balaban J connectivity index is 2.18. The number of rotatable bonds is 4. The highest BCUT2D eigenvalue weighted by Crippen LogP contribution is 2.37. The molecule has 0 aliphatic rings. The van der Waals surface area contributed by atoms with Crippen molar-refractivity contribution in [1.82, 2.24) is 15.2 Å². The van der Waals surface area contributed by atoms with Gasteiger partial charge in [0.25, 0.3) is 0 Å². The fraction of sp³-hybridized carbons (Fsp3) is 0.263. The summed E-state index contributed by atoms with van der Waals surface area (Å²) in [7, 11) is 0. The maximum Gasteiger partial charge on any atom is 0.342 e. The summed E-state index contributed by atoms with van der Waals surface area (Å²) in [5, 5.41) is 7.26. The Labute approximate surface area is 154 Å². The number of carbonyl (C=O) groups excluding carboxylic acids is 1. The van der Waals surface area contributed by atoms with Crippen molar-refractivity contribution in [3.05, 3.63) is 51.3 Å². The van der Waals surface area contributed by atoms with E-state index >= 15 is 0 Å². The molecule has 2 N–H and O–H groups in total. The number of benzene rings is 1. The maximum atomic E-state index is 12.4. The molecule has 5 nitrogen and oxygen atoms in total. The summed E-state index contributed by atoms with van der Waals surface area (Å²) in [6, 6.07) is 6.18. The Morgan fingerprint density at radius 2 is 1.92 bits per heavy atom. The van der Waals surface area contributed by atoms with E-state index < -0.39 is 0 Å². The standard InChI is InChI=1S/C19H20BrN3O2/c1-5-25-19(24)16-12(4)22-23-18(16)17-14(6-7-21-17)15-10(2)8-13(20)9-11(15)3/h6-9,21H,5H2,1-4H3,(H,22,23). The van der Waals surface area contributed by atoms with Crippen molar-refractivity contribution >= 4 is 21.9 Å². The second kappa shape index (κ2) is 6.88. The lowest BCUT2D eigenvalue weighted by molar-refractivity contribution is 0.0526. The van der Waals surface area contributed by atoms with E-state index in [-0.39, 0.29) is 5.97 Å². The van der Waals surface area contributed by atoms with Gasteiger partial charge in [0.05, 0.1) is 12.3 Å². The highest BCUT2D eigenvalue weighted by atomic mass is 79.9. The maximum absolute atomic E-state index is 12.4. The van der Waals surface area contributed by atoms with Gasteiger partial charge in [0.15, 0.2) is 0 Å². The number of hydrogen-bond donors (Lipinski definition) is 2. The summed E-state index contributed by atoms with van der Waals surface area (Å²) in [4.78, 5) is 15.6. The van der Waals surface area contributed by atoms with E-state index in [1.807, 2.05) is 19.2 Å². The van der Waals surface area contributed by atoms with Crippen LogP contribution in [0.15, 0.2) is 28.9 Å². The first-order valence-corrected chi connectivity index (χ1v) is 8.90. The molecule has 0 saturated heterocycles. The Morgan fingerprint density at radius 3 is 2.56 bits per heavy atom. The monoisotopic (exact) mass is 401 g/mol. The van der Waals surface area contributed by atoms with Crippen LogP contribution in [0.3, 0.4) is 0 Å². The molecule has 3 rings (SSSR count). The third-order valence-electron chi connectivity index (χ3n) is 4.18. The molecule has 0 spiro atoms. The molecule has 3 aromatic rings. The zero-order chi connectivity index (χ0) is 18.1. The van der Waals surface area contributed by atoms with Crippen LogP contribution in [-0.2, 0) is 4.74 Å². The highest BCUT2D eigenvalue weighted by molar-refractivity contribution is 9.10. The van der Waals surface area contributed by atoms with Crippen molar-refractivity contribution < 1.29 is 9.53 Å². The molecule has 130 valence electrons. The fourth-order valence-electron chi connectivity index (χ4n) is 3.17. The quantitative estimate of drug-likeness (QED) is 0.608. The first-order chi connectivity index (χ1) is 11.9. The van der Waals surface area contributed by atoms with E-state index in [1.165, 1.54) is 0 Å². The van der Waals surface area contributed by atoms with Crippen molar-refractivity contribution in [3.63, 3.8) is 0 Å². The number of nitrogens with zero attached hydrogens (tertiary/aromatic N) is 1. The van der Waals surface area contributed by atoms with Crippen LogP contribution >= 0.6 is 15.9 Å². The molecule has 0 atom stereocenters. The molecule has 0 bridgehead atoms. The first kappa shape index (κ1) is 17.5. The summed E-state index contributed by atoms with van der Waals surface area (Å²) >= 11 is 3.54. The van der Waals surface area contributed by atoms with Crippen LogP contribution in [0.4, 0.5) is 0 Å². The minimum atomic E-state index is -0.367. The molecule has 0 amide bonds. The summed E-state index contributed by atoms with van der Waals surface area (Å²) in [5.74, 6) is -0.367. The number of halogens is 1. The Morgan fingerprint density at radius 1 is 1.24 bits per heavy atom. The van der Waals surface area contributed by atoms with E-state index in [0.717, 1.165) is 32.4 Å². The summed E-state index contributed by atoms with van der Waals surface area (Å²) < 4.78 is 6.24. The SMILES string of the molecule is CCOC(=O)c1c(-c2[nH]ccc2-c2c(C)cc(Br)cc2C)n[nH]c1C. The van der Waals surface area contributed by atoms with E-state index in [1.54, 1.807) is 6.92 Å². The molecule has 2 aromatic heterocycles. The summed E-state index contributed by atoms with van der Waals surface area (Å²) in [6.07, 6.45) is 1.87. The van der Waals surface area contributed by atoms with Crippen molar-refractivity contribution in [2.45, 2.75) is 27.7 Å². The minimum Gasteiger partial charge on any atom is -0.462 e. The van der Waals surface area contributed by atoms with E-state index in [4.69, 9.17) is 4.74 Å². The van der Waals surface area contributed by atoms with Crippen LogP contribution in [-0.4, -0.2) is 27.8 Å². The second-order valence-electron chi connectivity index (χ2n) is 5.97. The third-order valence-corrected chi connectivity index (χ3v) is 4.64. The molecule has 0 aliphatic heterocycles. The number of nitrogens with one attached hydrogen (secondary N) is 2. The van der Waals surface area contributed by atoms with Gasteiger partial charge in [-0.15, -0.1) is 0 Å². The van der Waals surface area contributed by atoms with Crippen LogP contribution in [0.2, 0.25) is 0 Å². The van der Waals surface area contributed by atoms with Crippen LogP contribution in [0.25, 0.3) is 22.5 Å². The molecule has 0 saturated carbocycles. The molecule has 0 fully saturated rings. The van der Waals surface area contributed by atoms with E-state index in [2.05, 4.69) is 57.1 Å². The van der Waals surface area contributed by atoms with Gasteiger partial charge in [-0.1, -0.05) is 15.9 Å². The largest absolute Gasteiger partial charge is 0.462 e. The third kappa shape index (κ3) is 3.14. The normalized spacial score (nSPS) is 10.9. The van der Waals surface area contributed by atoms with Gasteiger partial charge in [-0.3, -0.25) is 5.10 Å². The summed E-state index contributed by atoms with van der Waals surface area (Å²) in [6.45, 7) is 8.09. The van der Waals surface area contributed by atoms with Crippen molar-refractivity contribution in [1.29, 1.82) is 0 Å². The molecule has 25 heavy (non-hydrogen) atoms. The molecule has 1 aromatic carbocycles. The second-order valence-corrected chi connectivity index (χ2v) is 6.89. The van der Waals surface area contributed by atoms with Crippen LogP contribution < -0.4 is 0 Å². The number of aryl methyl sites for hydroxylation is 3. The van der Waals surface area contributed by atoms with Gasteiger partial charge in [0, 0.05) is 21.9 Å². The number of hydrogen-bond acceptors (Lipinski definition) is 3. The molecule has 2 heterocycles. The zero-order valence-electron chi connectivity index (χ0n) is 14.7. The van der Waals surface area contributed by atoms with Gasteiger partial charge < -0.3 is 9.72 Å². The molecular weight excluding hydrogens is 382 g/mol.